The van der Waals surface area contributed by atoms with E-state index in [0.717, 1.165) is 42.1 Å². The molecular formula is C25H40O2. The van der Waals surface area contributed by atoms with Gasteiger partial charge in [-0.15, -0.1) is 0 Å². The quantitative estimate of drug-likeness (QED) is 0.615. The van der Waals surface area contributed by atoms with Crippen LogP contribution in [0.2, 0.25) is 0 Å². The Bertz CT molecular complexity index is 595. The van der Waals surface area contributed by atoms with E-state index in [0.29, 0.717) is 22.5 Å². The van der Waals surface area contributed by atoms with Gasteiger partial charge in [0.1, 0.15) is 5.78 Å². The molecule has 5 rings (SSSR count). The molecule has 152 valence electrons. The van der Waals surface area contributed by atoms with Crippen molar-refractivity contribution < 1.29 is 9.53 Å². The van der Waals surface area contributed by atoms with Crippen LogP contribution in [0.1, 0.15) is 84.5 Å². The van der Waals surface area contributed by atoms with Gasteiger partial charge in [0, 0.05) is 19.6 Å². The van der Waals surface area contributed by atoms with Gasteiger partial charge in [0.05, 0.1) is 0 Å². The summed E-state index contributed by atoms with van der Waals surface area (Å²) in [5.74, 6) is 6.37. The number of carbonyl (C=O) groups is 1. The first-order chi connectivity index (χ1) is 13.0. The van der Waals surface area contributed by atoms with Gasteiger partial charge in [-0.1, -0.05) is 6.92 Å². The Labute approximate surface area is 166 Å². The molecule has 0 aromatic heterocycles. The molecule has 0 N–H and O–H groups in total. The zero-order valence-electron chi connectivity index (χ0n) is 17.8. The smallest absolute Gasteiger partial charge is 0.133 e. The number of fused-ring (bicyclic) bond motifs is 5. The van der Waals surface area contributed by atoms with E-state index in [4.69, 9.17) is 4.74 Å². The standard InChI is InChI=1S/C25H40O2/c1-16(26)21-8-9-22-20-7-6-19-14-17(15-27-3)10-13-25(19,18-4-5-18)23(20)11-12-24(21,22)2/h17-23H,4-15H2,1-3H3. The first kappa shape index (κ1) is 18.6. The summed E-state index contributed by atoms with van der Waals surface area (Å²) in [4.78, 5) is 12.4. The maximum Gasteiger partial charge on any atom is 0.133 e. The number of carbonyl (C=O) groups excluding carboxylic acids is 1. The fourth-order valence-electron chi connectivity index (χ4n) is 9.54. The summed E-state index contributed by atoms with van der Waals surface area (Å²) >= 11 is 0. The maximum atomic E-state index is 12.4. The number of ether oxygens (including phenoxy) is 1. The Morgan fingerprint density at radius 2 is 1.70 bits per heavy atom. The highest BCUT2D eigenvalue weighted by atomic mass is 16.5. The number of hydrogen-bond acceptors (Lipinski definition) is 2. The Hall–Kier alpha value is -0.370. The van der Waals surface area contributed by atoms with Crippen molar-refractivity contribution in [2.75, 3.05) is 13.7 Å². The first-order valence-electron chi connectivity index (χ1n) is 12.0. The fourth-order valence-corrected chi connectivity index (χ4v) is 9.54. The molecule has 0 amide bonds. The third kappa shape index (κ3) is 2.64. The summed E-state index contributed by atoms with van der Waals surface area (Å²) in [6.45, 7) is 5.34. The molecule has 8 unspecified atom stereocenters. The minimum atomic E-state index is 0.317. The molecular weight excluding hydrogens is 332 g/mol. The van der Waals surface area contributed by atoms with Gasteiger partial charge in [0.2, 0.25) is 0 Å². The summed E-state index contributed by atoms with van der Waals surface area (Å²) in [5.41, 5.74) is 0.987. The number of rotatable bonds is 4. The highest BCUT2D eigenvalue weighted by Gasteiger charge is 2.65. The largest absolute Gasteiger partial charge is 0.384 e. The highest BCUT2D eigenvalue weighted by Crippen LogP contribution is 2.72. The van der Waals surface area contributed by atoms with Crippen molar-refractivity contribution in [3.63, 3.8) is 0 Å². The van der Waals surface area contributed by atoms with Crippen LogP contribution < -0.4 is 0 Å². The van der Waals surface area contributed by atoms with E-state index in [1.165, 1.54) is 70.6 Å². The summed E-state index contributed by atoms with van der Waals surface area (Å²) in [6, 6.07) is 0. The van der Waals surface area contributed by atoms with Crippen LogP contribution in [-0.2, 0) is 9.53 Å². The molecule has 2 heteroatoms. The van der Waals surface area contributed by atoms with Gasteiger partial charge < -0.3 is 4.74 Å². The Balaban J connectivity index is 1.43. The number of Topliss-reactive ketones (excluding diaryl/α,β-unsaturated/α-hetero) is 1. The average Bonchev–Trinajstić information content (AvgIpc) is 3.43. The fraction of sp³-hybridized carbons (Fsp3) is 0.960. The van der Waals surface area contributed by atoms with E-state index in [-0.39, 0.29) is 0 Å². The predicted molar refractivity (Wildman–Crippen MR) is 108 cm³/mol. The molecule has 0 aromatic carbocycles. The van der Waals surface area contributed by atoms with E-state index in [9.17, 15) is 4.79 Å². The molecule has 0 radical (unpaired) electrons. The second-order valence-electron chi connectivity index (χ2n) is 11.4. The average molecular weight is 373 g/mol. The molecule has 27 heavy (non-hydrogen) atoms. The lowest BCUT2D eigenvalue weighted by Crippen LogP contribution is -2.56. The van der Waals surface area contributed by atoms with Crippen molar-refractivity contribution in [1.82, 2.24) is 0 Å². The van der Waals surface area contributed by atoms with Gasteiger partial charge in [-0.2, -0.15) is 0 Å². The van der Waals surface area contributed by atoms with Crippen LogP contribution in [0.15, 0.2) is 0 Å². The lowest BCUT2D eigenvalue weighted by Gasteiger charge is -2.62. The zero-order chi connectivity index (χ0) is 18.8. The van der Waals surface area contributed by atoms with E-state index in [1.807, 2.05) is 14.0 Å². The number of hydrogen-bond donors (Lipinski definition) is 0. The summed E-state index contributed by atoms with van der Waals surface area (Å²) in [5, 5.41) is 0. The van der Waals surface area contributed by atoms with Crippen LogP contribution in [0.25, 0.3) is 0 Å². The van der Waals surface area contributed by atoms with Crippen molar-refractivity contribution in [1.29, 1.82) is 0 Å². The minimum absolute atomic E-state index is 0.317. The number of methoxy groups -OCH3 is 1. The van der Waals surface area contributed by atoms with Crippen molar-refractivity contribution in [3.05, 3.63) is 0 Å². The van der Waals surface area contributed by atoms with Crippen molar-refractivity contribution in [2.45, 2.75) is 84.5 Å². The molecule has 0 heterocycles. The van der Waals surface area contributed by atoms with Crippen LogP contribution in [0.4, 0.5) is 0 Å². The van der Waals surface area contributed by atoms with E-state index in [1.54, 1.807) is 0 Å². The van der Waals surface area contributed by atoms with Gasteiger partial charge in [0.25, 0.3) is 0 Å². The molecule has 0 aromatic rings. The third-order valence-electron chi connectivity index (χ3n) is 10.6. The SMILES string of the molecule is COCC1CCC2(C3CC3)C(CCC3C4CCC(C(C)=O)C4(C)CCC32)C1. The van der Waals surface area contributed by atoms with E-state index >= 15 is 0 Å². The van der Waals surface area contributed by atoms with Gasteiger partial charge in [-0.05, 0) is 124 Å². The Morgan fingerprint density at radius 3 is 2.41 bits per heavy atom. The molecule has 5 saturated carbocycles. The maximum absolute atomic E-state index is 12.4. The third-order valence-corrected chi connectivity index (χ3v) is 10.6. The van der Waals surface area contributed by atoms with E-state index < -0.39 is 0 Å². The Morgan fingerprint density at radius 1 is 0.926 bits per heavy atom. The van der Waals surface area contributed by atoms with Gasteiger partial charge in [0.15, 0.2) is 0 Å². The van der Waals surface area contributed by atoms with Crippen LogP contribution in [0.3, 0.4) is 0 Å². The molecule has 0 aliphatic heterocycles. The molecule has 0 saturated heterocycles. The second-order valence-corrected chi connectivity index (χ2v) is 11.4. The molecule has 5 aliphatic rings. The normalized spacial score (nSPS) is 52.0. The van der Waals surface area contributed by atoms with Gasteiger partial charge >= 0.3 is 0 Å². The molecule has 8 atom stereocenters. The van der Waals surface area contributed by atoms with Crippen molar-refractivity contribution in [3.8, 4) is 0 Å². The summed E-state index contributed by atoms with van der Waals surface area (Å²) in [6.07, 6.45) is 15.5. The summed E-state index contributed by atoms with van der Waals surface area (Å²) < 4.78 is 5.55. The molecule has 2 nitrogen and oxygen atoms in total. The van der Waals surface area contributed by atoms with Crippen LogP contribution in [-0.4, -0.2) is 19.5 Å². The highest BCUT2D eigenvalue weighted by molar-refractivity contribution is 5.79. The monoisotopic (exact) mass is 372 g/mol. The van der Waals surface area contributed by atoms with Crippen LogP contribution >= 0.6 is 0 Å². The number of ketones is 1. The lowest BCUT2D eigenvalue weighted by atomic mass is 9.42. The first-order valence-corrected chi connectivity index (χ1v) is 12.0. The Kier molecular flexibility index (Phi) is 4.54. The van der Waals surface area contributed by atoms with E-state index in [2.05, 4.69) is 6.92 Å². The van der Waals surface area contributed by atoms with Gasteiger partial charge in [-0.3, -0.25) is 4.79 Å². The molecule has 0 bridgehead atoms. The minimum Gasteiger partial charge on any atom is -0.384 e. The summed E-state index contributed by atoms with van der Waals surface area (Å²) in [7, 11) is 1.88. The molecule has 5 aliphatic carbocycles. The van der Waals surface area contributed by atoms with Crippen molar-refractivity contribution >= 4 is 5.78 Å². The van der Waals surface area contributed by atoms with Gasteiger partial charge in [-0.25, -0.2) is 0 Å². The predicted octanol–water partition coefficient (Wildman–Crippen LogP) is 5.89. The van der Waals surface area contributed by atoms with Crippen molar-refractivity contribution in [2.24, 2.45) is 52.3 Å². The van der Waals surface area contributed by atoms with Crippen LogP contribution in [0, 0.1) is 52.3 Å². The topological polar surface area (TPSA) is 26.3 Å². The second kappa shape index (κ2) is 6.57. The van der Waals surface area contributed by atoms with Crippen LogP contribution in [0.5, 0.6) is 0 Å². The molecule has 5 fully saturated rings. The lowest BCUT2D eigenvalue weighted by molar-refractivity contribution is -0.147. The molecule has 0 spiro atoms. The zero-order valence-corrected chi connectivity index (χ0v) is 17.8.